The van der Waals surface area contributed by atoms with Gasteiger partial charge in [-0.1, -0.05) is 11.3 Å². The van der Waals surface area contributed by atoms with Gasteiger partial charge in [0.2, 0.25) is 0 Å². The first-order chi connectivity index (χ1) is 17.7. The van der Waals surface area contributed by atoms with Crippen LogP contribution in [0.5, 0.6) is 17.2 Å². The molecule has 0 radical (unpaired) electrons. The highest BCUT2D eigenvalue weighted by molar-refractivity contribution is 7.92. The number of phenolic OH excluding ortho intramolecular Hbond substituents is 1. The van der Waals surface area contributed by atoms with Crippen molar-refractivity contribution in [1.82, 2.24) is 4.98 Å². The third-order valence-corrected chi connectivity index (χ3v) is 7.33. The van der Waals surface area contributed by atoms with Crippen molar-refractivity contribution in [3.63, 3.8) is 0 Å². The number of fused-ring (bicyclic) bond motifs is 1. The lowest BCUT2D eigenvalue weighted by Crippen LogP contribution is -2.21. The number of aromatic nitrogens is 1. The van der Waals surface area contributed by atoms with Crippen LogP contribution in [0, 0.1) is 0 Å². The summed E-state index contributed by atoms with van der Waals surface area (Å²) in [5.74, 6) is -1.06. The average Bonchev–Trinajstić information content (AvgIpc) is 3.28. The number of esters is 1. The summed E-state index contributed by atoms with van der Waals surface area (Å²) in [5, 5.41) is 12.9. The van der Waals surface area contributed by atoms with E-state index >= 15 is 0 Å². The molecule has 0 saturated carbocycles. The zero-order valence-electron chi connectivity index (χ0n) is 19.5. The second kappa shape index (κ2) is 10.7. The van der Waals surface area contributed by atoms with Crippen LogP contribution >= 0.6 is 11.3 Å². The van der Waals surface area contributed by atoms with Crippen LogP contribution in [0.2, 0.25) is 0 Å². The second-order valence-corrected chi connectivity index (χ2v) is 10.2. The first-order valence-corrected chi connectivity index (χ1v) is 12.9. The Morgan fingerprint density at radius 2 is 1.68 bits per heavy atom. The van der Waals surface area contributed by atoms with Crippen LogP contribution in [0.15, 0.2) is 65.6 Å². The molecule has 37 heavy (non-hydrogen) atoms. The van der Waals surface area contributed by atoms with E-state index in [1.807, 2.05) is 0 Å². The smallest absolute Gasteiger partial charge is 0.342 e. The molecular formula is C24H21N3O8S2. The van der Waals surface area contributed by atoms with Crippen LogP contribution in [0.4, 0.5) is 10.8 Å². The molecule has 11 nitrogen and oxygen atoms in total. The van der Waals surface area contributed by atoms with Gasteiger partial charge in [0.05, 0.1) is 29.3 Å². The zero-order valence-corrected chi connectivity index (χ0v) is 21.2. The fourth-order valence-corrected chi connectivity index (χ4v) is 5.16. The largest absolute Gasteiger partial charge is 0.507 e. The maximum atomic E-state index is 12.8. The molecule has 0 atom stereocenters. The fraction of sp³-hybridized carbons (Fsp3) is 0.125. The molecule has 0 bridgehead atoms. The van der Waals surface area contributed by atoms with Gasteiger partial charge in [0.1, 0.15) is 22.8 Å². The maximum Gasteiger partial charge on any atom is 0.342 e. The van der Waals surface area contributed by atoms with Crippen molar-refractivity contribution in [3.05, 3.63) is 66.2 Å². The molecule has 1 aromatic heterocycles. The minimum Gasteiger partial charge on any atom is -0.507 e. The number of amides is 1. The molecule has 0 aliphatic rings. The lowest BCUT2D eigenvalue weighted by Gasteiger charge is -2.11. The summed E-state index contributed by atoms with van der Waals surface area (Å²) < 4.78 is 43.9. The summed E-state index contributed by atoms with van der Waals surface area (Å²) in [4.78, 5) is 28.8. The Bertz CT molecular complexity index is 1570. The molecule has 0 aliphatic heterocycles. The molecular weight excluding hydrogens is 522 g/mol. The van der Waals surface area contributed by atoms with Gasteiger partial charge in [0.15, 0.2) is 11.7 Å². The molecule has 0 fully saturated rings. The van der Waals surface area contributed by atoms with E-state index in [4.69, 9.17) is 14.2 Å². The van der Waals surface area contributed by atoms with E-state index in [0.717, 1.165) is 22.9 Å². The standard InChI is InChI=1S/C24H21N3O8S2/c1-33-15-5-3-14(4-6-15)27-37(31,32)17-8-10-20(28)18(12-17)23(30)35-13-22(29)26-24-25-19-9-7-16(34-2)11-21(19)36-24/h3-12,27-28H,13H2,1-2H3,(H,25,26,29). The number of ether oxygens (including phenoxy) is 3. The minimum absolute atomic E-state index is 0.267. The van der Waals surface area contributed by atoms with E-state index in [-0.39, 0.29) is 10.6 Å². The highest BCUT2D eigenvalue weighted by Gasteiger charge is 2.21. The lowest BCUT2D eigenvalue weighted by molar-refractivity contribution is -0.119. The number of benzene rings is 3. The molecule has 13 heteroatoms. The molecule has 1 heterocycles. The Morgan fingerprint density at radius 1 is 0.973 bits per heavy atom. The summed E-state index contributed by atoms with van der Waals surface area (Å²) >= 11 is 1.21. The van der Waals surface area contributed by atoms with Crippen molar-refractivity contribution in [2.24, 2.45) is 0 Å². The number of sulfonamides is 1. The second-order valence-electron chi connectivity index (χ2n) is 7.49. The number of anilines is 2. The van der Waals surface area contributed by atoms with Crippen LogP contribution < -0.4 is 19.5 Å². The van der Waals surface area contributed by atoms with Crippen molar-refractivity contribution >= 4 is 54.3 Å². The van der Waals surface area contributed by atoms with Crippen LogP contribution in [0.3, 0.4) is 0 Å². The van der Waals surface area contributed by atoms with Gasteiger partial charge in [-0.2, -0.15) is 0 Å². The molecule has 0 unspecified atom stereocenters. The SMILES string of the molecule is COc1ccc(NS(=O)(=O)c2ccc(O)c(C(=O)OCC(=O)Nc3nc4ccc(OC)cc4s3)c2)cc1. The van der Waals surface area contributed by atoms with Crippen molar-refractivity contribution < 1.29 is 37.3 Å². The van der Waals surface area contributed by atoms with E-state index in [9.17, 15) is 23.1 Å². The normalized spacial score (nSPS) is 11.1. The number of nitrogens with one attached hydrogen (secondary N) is 2. The predicted molar refractivity (Wildman–Crippen MR) is 137 cm³/mol. The summed E-state index contributed by atoms with van der Waals surface area (Å²) in [6.45, 7) is -0.682. The molecule has 4 aromatic rings. The number of hydrogen-bond donors (Lipinski definition) is 3. The number of phenols is 1. The minimum atomic E-state index is -4.10. The van der Waals surface area contributed by atoms with Crippen molar-refractivity contribution in [2.45, 2.75) is 4.90 Å². The number of thiazole rings is 1. The van der Waals surface area contributed by atoms with E-state index in [1.54, 1.807) is 37.4 Å². The lowest BCUT2D eigenvalue weighted by atomic mass is 10.2. The first-order valence-electron chi connectivity index (χ1n) is 10.6. The Kier molecular flexibility index (Phi) is 7.45. The Hall–Kier alpha value is -4.36. The van der Waals surface area contributed by atoms with Crippen LogP contribution in [0.25, 0.3) is 10.2 Å². The van der Waals surface area contributed by atoms with E-state index in [0.29, 0.717) is 22.1 Å². The van der Waals surface area contributed by atoms with Gasteiger partial charge in [-0.15, -0.1) is 0 Å². The van der Waals surface area contributed by atoms with Gasteiger partial charge in [-0.3, -0.25) is 14.8 Å². The molecule has 4 rings (SSSR count). The summed E-state index contributed by atoms with van der Waals surface area (Å²) in [6, 6.07) is 14.6. The molecule has 0 aliphatic carbocycles. The molecule has 0 saturated heterocycles. The summed E-state index contributed by atoms with van der Waals surface area (Å²) in [7, 11) is -1.07. The van der Waals surface area contributed by atoms with Gasteiger partial charge in [-0.25, -0.2) is 18.2 Å². The topological polar surface area (TPSA) is 153 Å². The number of carbonyl (C=O) groups is 2. The average molecular weight is 544 g/mol. The van der Waals surface area contributed by atoms with Gasteiger partial charge >= 0.3 is 5.97 Å². The Morgan fingerprint density at radius 3 is 2.38 bits per heavy atom. The highest BCUT2D eigenvalue weighted by atomic mass is 32.2. The fourth-order valence-electron chi connectivity index (χ4n) is 3.17. The number of methoxy groups -OCH3 is 2. The maximum absolute atomic E-state index is 12.8. The molecule has 192 valence electrons. The summed E-state index contributed by atoms with van der Waals surface area (Å²) in [5.41, 5.74) is 0.504. The Balaban J connectivity index is 1.41. The number of nitrogens with zero attached hydrogens (tertiary/aromatic N) is 1. The monoisotopic (exact) mass is 543 g/mol. The molecule has 1 amide bonds. The van der Waals surface area contributed by atoms with Crippen molar-refractivity contribution in [3.8, 4) is 17.2 Å². The highest BCUT2D eigenvalue weighted by Crippen LogP contribution is 2.29. The quantitative estimate of drug-likeness (QED) is 0.269. The van der Waals surface area contributed by atoms with Crippen LogP contribution in [-0.2, 0) is 19.6 Å². The Labute approximate surface area is 215 Å². The van der Waals surface area contributed by atoms with Gasteiger partial charge < -0.3 is 19.3 Å². The van der Waals surface area contributed by atoms with Crippen molar-refractivity contribution in [2.75, 3.05) is 30.9 Å². The third kappa shape index (κ3) is 6.08. The first kappa shape index (κ1) is 25.7. The van der Waals surface area contributed by atoms with E-state index in [1.165, 1.54) is 30.6 Å². The third-order valence-electron chi connectivity index (χ3n) is 5.02. The van der Waals surface area contributed by atoms with E-state index < -0.39 is 39.8 Å². The zero-order chi connectivity index (χ0) is 26.6. The van der Waals surface area contributed by atoms with Gasteiger partial charge in [0.25, 0.3) is 15.9 Å². The van der Waals surface area contributed by atoms with Gasteiger partial charge in [0, 0.05) is 5.69 Å². The number of carbonyl (C=O) groups excluding carboxylic acids is 2. The molecule has 3 N–H and O–H groups in total. The summed E-state index contributed by atoms with van der Waals surface area (Å²) in [6.07, 6.45) is 0. The van der Waals surface area contributed by atoms with Crippen LogP contribution in [0.1, 0.15) is 10.4 Å². The molecule has 0 spiro atoms. The van der Waals surface area contributed by atoms with Crippen molar-refractivity contribution in [1.29, 1.82) is 0 Å². The van der Waals surface area contributed by atoms with Crippen LogP contribution in [-0.4, -0.2) is 51.2 Å². The van der Waals surface area contributed by atoms with E-state index in [2.05, 4.69) is 15.0 Å². The number of rotatable bonds is 9. The number of hydrogen-bond acceptors (Lipinski definition) is 10. The number of aromatic hydroxyl groups is 1. The predicted octanol–water partition coefficient (Wildman–Crippen LogP) is 3.62. The molecule has 3 aromatic carbocycles. The van der Waals surface area contributed by atoms with Gasteiger partial charge in [-0.05, 0) is 60.7 Å².